The first-order chi connectivity index (χ1) is 8.11. The van der Waals surface area contributed by atoms with E-state index in [-0.39, 0.29) is 6.04 Å². The van der Waals surface area contributed by atoms with Gasteiger partial charge in [-0.3, -0.25) is 0 Å². The Kier molecular flexibility index (Phi) is 3.86. The zero-order chi connectivity index (χ0) is 12.4. The molecule has 0 saturated carbocycles. The summed E-state index contributed by atoms with van der Waals surface area (Å²) in [5.74, 6) is 0.840. The lowest BCUT2D eigenvalue weighted by Gasteiger charge is -2.15. The number of rotatable bonds is 3. The van der Waals surface area contributed by atoms with Gasteiger partial charge in [-0.2, -0.15) is 0 Å². The van der Waals surface area contributed by atoms with Gasteiger partial charge in [-0.15, -0.1) is 11.3 Å². The quantitative estimate of drug-likeness (QED) is 0.933. The first kappa shape index (κ1) is 12.6. The molecule has 2 nitrogen and oxygen atoms in total. The fraction of sp³-hybridized carbons (Fsp3) is 0.231. The van der Waals surface area contributed by atoms with Gasteiger partial charge in [0, 0.05) is 10.4 Å². The van der Waals surface area contributed by atoms with Crippen LogP contribution in [0.25, 0.3) is 0 Å². The van der Waals surface area contributed by atoms with Crippen LogP contribution in [0.15, 0.2) is 34.1 Å². The van der Waals surface area contributed by atoms with Crippen LogP contribution in [-0.2, 0) is 0 Å². The molecule has 4 heteroatoms. The lowest BCUT2D eigenvalue weighted by Crippen LogP contribution is -2.11. The minimum absolute atomic E-state index is 0.138. The average Bonchev–Trinajstić information content (AvgIpc) is 2.75. The summed E-state index contributed by atoms with van der Waals surface area (Å²) < 4.78 is 6.45. The molecular weight excluding hydrogens is 298 g/mol. The summed E-state index contributed by atoms with van der Waals surface area (Å²) in [7, 11) is 1.67. The Morgan fingerprint density at radius 1 is 1.29 bits per heavy atom. The zero-order valence-corrected chi connectivity index (χ0v) is 12.1. The molecule has 2 aromatic rings. The Morgan fingerprint density at radius 2 is 2.06 bits per heavy atom. The van der Waals surface area contributed by atoms with Gasteiger partial charge in [-0.1, -0.05) is 17.7 Å². The van der Waals surface area contributed by atoms with Gasteiger partial charge >= 0.3 is 0 Å². The average molecular weight is 312 g/mol. The number of halogens is 1. The minimum atomic E-state index is -0.138. The number of benzene rings is 1. The van der Waals surface area contributed by atoms with Crippen molar-refractivity contribution in [2.45, 2.75) is 13.0 Å². The molecule has 0 bridgehead atoms. The number of nitrogens with two attached hydrogens (primary N) is 1. The van der Waals surface area contributed by atoms with Crippen LogP contribution in [0.5, 0.6) is 5.75 Å². The first-order valence-corrected chi connectivity index (χ1v) is 6.88. The molecule has 1 aromatic carbocycles. The third-order valence-corrected chi connectivity index (χ3v) is 4.33. The van der Waals surface area contributed by atoms with Gasteiger partial charge < -0.3 is 10.5 Å². The van der Waals surface area contributed by atoms with Crippen LogP contribution in [0, 0.1) is 6.92 Å². The second-order valence-electron chi connectivity index (χ2n) is 3.86. The number of aryl methyl sites for hydroxylation is 1. The van der Waals surface area contributed by atoms with Gasteiger partial charge in [0.25, 0.3) is 0 Å². The number of ether oxygens (including phenoxy) is 1. The molecule has 1 aromatic heterocycles. The van der Waals surface area contributed by atoms with Crippen molar-refractivity contribution in [3.8, 4) is 5.75 Å². The van der Waals surface area contributed by atoms with E-state index in [2.05, 4.69) is 28.9 Å². The van der Waals surface area contributed by atoms with Gasteiger partial charge in [-0.05, 0) is 41.1 Å². The summed E-state index contributed by atoms with van der Waals surface area (Å²) in [5, 5.41) is 0. The van der Waals surface area contributed by atoms with Gasteiger partial charge in [0.15, 0.2) is 0 Å². The van der Waals surface area contributed by atoms with E-state index in [1.54, 1.807) is 18.4 Å². The Hall–Kier alpha value is -0.840. The molecule has 0 radical (unpaired) electrons. The summed E-state index contributed by atoms with van der Waals surface area (Å²) in [6, 6.07) is 9.99. The highest BCUT2D eigenvalue weighted by atomic mass is 79.9. The van der Waals surface area contributed by atoms with E-state index in [1.807, 2.05) is 24.3 Å². The monoisotopic (exact) mass is 311 g/mol. The van der Waals surface area contributed by atoms with Crippen molar-refractivity contribution in [1.82, 2.24) is 0 Å². The molecule has 17 heavy (non-hydrogen) atoms. The first-order valence-electron chi connectivity index (χ1n) is 5.27. The summed E-state index contributed by atoms with van der Waals surface area (Å²) in [4.78, 5) is 1.13. The molecule has 2 N–H and O–H groups in total. The molecule has 0 spiro atoms. The molecule has 1 heterocycles. The molecule has 0 fully saturated rings. The molecule has 1 atom stereocenters. The van der Waals surface area contributed by atoms with E-state index in [9.17, 15) is 0 Å². The fourth-order valence-corrected chi connectivity index (χ4v) is 3.19. The second kappa shape index (κ2) is 5.21. The van der Waals surface area contributed by atoms with Crippen molar-refractivity contribution in [2.75, 3.05) is 7.11 Å². The molecule has 2 rings (SSSR count). The largest absolute Gasteiger partial charge is 0.496 e. The van der Waals surface area contributed by atoms with Crippen LogP contribution in [-0.4, -0.2) is 7.11 Å². The van der Waals surface area contributed by atoms with Crippen LogP contribution in [0.1, 0.15) is 22.0 Å². The van der Waals surface area contributed by atoms with E-state index in [4.69, 9.17) is 10.5 Å². The standard InChI is InChI=1S/C13H14BrNOS/c1-8-3-4-10(16-2)9(7-8)13(15)11-5-6-12(14)17-11/h3-7,13H,15H2,1-2H3. The normalized spacial score (nSPS) is 12.5. The summed E-state index contributed by atoms with van der Waals surface area (Å²) in [6.07, 6.45) is 0. The van der Waals surface area contributed by atoms with E-state index in [0.717, 1.165) is 20.0 Å². The molecule has 0 aliphatic heterocycles. The summed E-state index contributed by atoms with van der Waals surface area (Å²) >= 11 is 5.11. The SMILES string of the molecule is COc1ccc(C)cc1C(N)c1ccc(Br)s1. The predicted molar refractivity (Wildman–Crippen MR) is 75.8 cm³/mol. The third kappa shape index (κ3) is 2.70. The highest BCUT2D eigenvalue weighted by molar-refractivity contribution is 9.11. The van der Waals surface area contributed by atoms with Crippen molar-refractivity contribution in [2.24, 2.45) is 5.73 Å². The Balaban J connectivity index is 2.42. The van der Waals surface area contributed by atoms with Crippen LogP contribution >= 0.6 is 27.3 Å². The van der Waals surface area contributed by atoms with E-state index < -0.39 is 0 Å². The van der Waals surface area contributed by atoms with E-state index in [0.29, 0.717) is 0 Å². The van der Waals surface area contributed by atoms with E-state index >= 15 is 0 Å². The van der Waals surface area contributed by atoms with Crippen molar-refractivity contribution in [1.29, 1.82) is 0 Å². The molecule has 90 valence electrons. The van der Waals surface area contributed by atoms with Gasteiger partial charge in [0.05, 0.1) is 16.9 Å². The molecule has 0 aliphatic carbocycles. The second-order valence-corrected chi connectivity index (χ2v) is 6.36. The molecule has 0 aliphatic rings. The Labute approximate surface area is 114 Å². The van der Waals surface area contributed by atoms with E-state index in [1.165, 1.54) is 5.56 Å². The predicted octanol–water partition coefficient (Wildman–Crippen LogP) is 3.88. The molecule has 0 saturated heterocycles. The smallest absolute Gasteiger partial charge is 0.124 e. The maximum Gasteiger partial charge on any atom is 0.124 e. The van der Waals surface area contributed by atoms with Crippen LogP contribution < -0.4 is 10.5 Å². The maximum atomic E-state index is 6.28. The third-order valence-electron chi connectivity index (χ3n) is 2.62. The minimum Gasteiger partial charge on any atom is -0.496 e. The van der Waals surface area contributed by atoms with Crippen molar-refractivity contribution < 1.29 is 4.74 Å². The number of thiophene rings is 1. The van der Waals surface area contributed by atoms with Gasteiger partial charge in [0.1, 0.15) is 5.75 Å². The summed E-state index contributed by atoms with van der Waals surface area (Å²) in [5.41, 5.74) is 8.50. The lowest BCUT2D eigenvalue weighted by molar-refractivity contribution is 0.408. The van der Waals surface area contributed by atoms with Crippen molar-refractivity contribution in [3.05, 3.63) is 50.1 Å². The molecule has 0 amide bonds. The molecular formula is C13H14BrNOS. The van der Waals surface area contributed by atoms with Crippen LogP contribution in [0.3, 0.4) is 0 Å². The number of methoxy groups -OCH3 is 1. The van der Waals surface area contributed by atoms with Crippen molar-refractivity contribution >= 4 is 27.3 Å². The number of hydrogen-bond acceptors (Lipinski definition) is 3. The Morgan fingerprint density at radius 3 is 2.65 bits per heavy atom. The van der Waals surface area contributed by atoms with Crippen molar-refractivity contribution in [3.63, 3.8) is 0 Å². The maximum absolute atomic E-state index is 6.28. The lowest BCUT2D eigenvalue weighted by atomic mass is 10.0. The highest BCUT2D eigenvalue weighted by Gasteiger charge is 2.15. The van der Waals surface area contributed by atoms with Gasteiger partial charge in [-0.25, -0.2) is 0 Å². The topological polar surface area (TPSA) is 35.2 Å². The fourth-order valence-electron chi connectivity index (χ4n) is 1.75. The summed E-state index contributed by atoms with van der Waals surface area (Å²) in [6.45, 7) is 2.06. The molecule has 1 unspecified atom stereocenters. The number of hydrogen-bond donors (Lipinski definition) is 1. The van der Waals surface area contributed by atoms with Crippen LogP contribution in [0.4, 0.5) is 0 Å². The van der Waals surface area contributed by atoms with Crippen LogP contribution in [0.2, 0.25) is 0 Å². The highest BCUT2D eigenvalue weighted by Crippen LogP contribution is 2.34. The zero-order valence-electron chi connectivity index (χ0n) is 9.74. The van der Waals surface area contributed by atoms with Gasteiger partial charge in [0.2, 0.25) is 0 Å². The Bertz CT molecular complexity index is 524.